The van der Waals surface area contributed by atoms with Crippen molar-refractivity contribution in [3.63, 3.8) is 0 Å². The highest BCUT2D eigenvalue weighted by Gasteiger charge is 2.03. The van der Waals surface area contributed by atoms with Gasteiger partial charge in [0.15, 0.2) is 5.96 Å². The quantitative estimate of drug-likeness (QED) is 0.329. The number of aliphatic imine (C=N–C) groups is 1. The second-order valence-electron chi connectivity index (χ2n) is 5.32. The van der Waals surface area contributed by atoms with E-state index >= 15 is 0 Å². The van der Waals surface area contributed by atoms with Gasteiger partial charge in [-0.15, -0.1) is 45.5 Å². The zero-order valence-corrected chi connectivity index (χ0v) is 18.3. The van der Waals surface area contributed by atoms with Gasteiger partial charge < -0.3 is 15.2 Å². The number of thiazole rings is 1. The largest absolute Gasteiger partial charge is 0.357 e. The number of nitrogens with zero attached hydrogens (tertiary/aromatic N) is 5. The van der Waals surface area contributed by atoms with Gasteiger partial charge in [0.05, 0.1) is 10.7 Å². The number of aromatic nitrogens is 4. The molecular weight excluding hydrogens is 449 g/mol. The number of nitrogens with one attached hydrogen (secondary N) is 2. The summed E-state index contributed by atoms with van der Waals surface area (Å²) in [5, 5.41) is 18.0. The molecule has 0 fully saturated rings. The molecule has 0 unspecified atom stereocenters. The van der Waals surface area contributed by atoms with E-state index in [1.165, 1.54) is 5.01 Å². The molecule has 0 aromatic carbocycles. The molecule has 0 aliphatic heterocycles. The van der Waals surface area contributed by atoms with Crippen LogP contribution >= 0.6 is 35.3 Å². The van der Waals surface area contributed by atoms with Crippen molar-refractivity contribution in [1.82, 2.24) is 30.4 Å². The highest BCUT2D eigenvalue weighted by Crippen LogP contribution is 2.10. The highest BCUT2D eigenvalue weighted by molar-refractivity contribution is 14.0. The SMILES string of the molecule is CCNC(=NCCc1csc(CC)n1)NCCn1cnnc1CC.I. The Kier molecular flexibility index (Phi) is 10.6. The molecule has 0 aliphatic rings. The molecule has 0 spiro atoms. The van der Waals surface area contributed by atoms with Gasteiger partial charge in [0.2, 0.25) is 0 Å². The molecule has 0 radical (unpaired) electrons. The fraction of sp³-hybridized carbons (Fsp3) is 0.625. The summed E-state index contributed by atoms with van der Waals surface area (Å²) in [5.41, 5.74) is 1.13. The van der Waals surface area contributed by atoms with E-state index in [1.54, 1.807) is 17.7 Å². The summed E-state index contributed by atoms with van der Waals surface area (Å²) in [7, 11) is 0. The first-order valence-corrected chi connectivity index (χ1v) is 9.46. The molecule has 0 bridgehead atoms. The summed E-state index contributed by atoms with van der Waals surface area (Å²) in [4.78, 5) is 9.20. The van der Waals surface area contributed by atoms with E-state index in [2.05, 4.69) is 61.5 Å². The number of rotatable bonds is 9. The van der Waals surface area contributed by atoms with Crippen LogP contribution < -0.4 is 10.6 Å². The lowest BCUT2D eigenvalue weighted by Crippen LogP contribution is -2.39. The minimum absolute atomic E-state index is 0. The van der Waals surface area contributed by atoms with Gasteiger partial charge in [0, 0.05) is 44.4 Å². The lowest BCUT2D eigenvalue weighted by atomic mass is 10.3. The summed E-state index contributed by atoms with van der Waals surface area (Å²) in [6.07, 6.45) is 4.54. The average molecular weight is 477 g/mol. The Labute approximate surface area is 170 Å². The smallest absolute Gasteiger partial charge is 0.191 e. The zero-order chi connectivity index (χ0) is 17.2. The molecule has 2 aromatic heterocycles. The number of hydrogen-bond donors (Lipinski definition) is 2. The molecule has 2 aromatic rings. The van der Waals surface area contributed by atoms with E-state index in [0.717, 1.165) is 62.9 Å². The standard InChI is InChI=1S/C16H27N7S.HI/c1-4-14-22-20-12-23(14)10-9-19-16(17-6-3)18-8-7-13-11-24-15(5-2)21-13;/h11-12H,4-10H2,1-3H3,(H2,17,18,19);1H. The summed E-state index contributed by atoms with van der Waals surface area (Å²) in [5.74, 6) is 1.85. The molecule has 140 valence electrons. The van der Waals surface area contributed by atoms with Gasteiger partial charge in [-0.3, -0.25) is 4.99 Å². The van der Waals surface area contributed by atoms with Crippen LogP contribution in [-0.4, -0.2) is 45.3 Å². The lowest BCUT2D eigenvalue weighted by Gasteiger charge is -2.12. The Morgan fingerprint density at radius 3 is 2.76 bits per heavy atom. The van der Waals surface area contributed by atoms with Crippen molar-refractivity contribution in [2.45, 2.75) is 46.6 Å². The van der Waals surface area contributed by atoms with Crippen molar-refractivity contribution in [2.75, 3.05) is 19.6 Å². The predicted octanol–water partition coefficient (Wildman–Crippen LogP) is 2.28. The van der Waals surface area contributed by atoms with Crippen molar-refractivity contribution in [3.05, 3.63) is 28.2 Å². The Morgan fingerprint density at radius 2 is 2.08 bits per heavy atom. The van der Waals surface area contributed by atoms with Gasteiger partial charge in [-0.25, -0.2) is 4.98 Å². The normalized spacial score (nSPS) is 11.2. The van der Waals surface area contributed by atoms with Crippen LogP contribution in [0.3, 0.4) is 0 Å². The molecular formula is C16H28IN7S. The third-order valence-corrected chi connectivity index (χ3v) is 4.58. The summed E-state index contributed by atoms with van der Waals surface area (Å²) in [6.45, 7) is 9.47. The Morgan fingerprint density at radius 1 is 1.24 bits per heavy atom. The summed E-state index contributed by atoms with van der Waals surface area (Å²) >= 11 is 1.73. The molecule has 0 amide bonds. The van der Waals surface area contributed by atoms with E-state index in [9.17, 15) is 0 Å². The minimum atomic E-state index is 0. The fourth-order valence-electron chi connectivity index (χ4n) is 2.28. The topological polar surface area (TPSA) is 80.0 Å². The average Bonchev–Trinajstić information content (AvgIpc) is 3.23. The Hall–Kier alpha value is -1.23. The fourth-order valence-corrected chi connectivity index (χ4v) is 3.06. The number of aryl methyl sites for hydroxylation is 2. The van der Waals surface area contributed by atoms with Crippen LogP contribution in [0, 0.1) is 0 Å². The molecule has 2 heterocycles. The molecule has 0 saturated carbocycles. The van der Waals surface area contributed by atoms with Crippen LogP contribution in [0.1, 0.15) is 37.3 Å². The van der Waals surface area contributed by atoms with Crippen LogP contribution in [0.4, 0.5) is 0 Å². The molecule has 9 heteroatoms. The molecule has 2 rings (SSSR count). The first-order chi connectivity index (χ1) is 11.8. The maximum absolute atomic E-state index is 4.62. The van der Waals surface area contributed by atoms with E-state index in [0.29, 0.717) is 0 Å². The van der Waals surface area contributed by atoms with Crippen molar-refractivity contribution < 1.29 is 0 Å². The van der Waals surface area contributed by atoms with Crippen molar-refractivity contribution in [1.29, 1.82) is 0 Å². The van der Waals surface area contributed by atoms with Crippen LogP contribution in [0.25, 0.3) is 0 Å². The summed E-state index contributed by atoms with van der Waals surface area (Å²) < 4.78 is 2.07. The van der Waals surface area contributed by atoms with Gasteiger partial charge in [-0.2, -0.15) is 0 Å². The van der Waals surface area contributed by atoms with Crippen molar-refractivity contribution in [3.8, 4) is 0 Å². The van der Waals surface area contributed by atoms with E-state index in [1.807, 2.05) is 0 Å². The van der Waals surface area contributed by atoms with Crippen LogP contribution in [-0.2, 0) is 25.8 Å². The van der Waals surface area contributed by atoms with Crippen LogP contribution in [0.2, 0.25) is 0 Å². The van der Waals surface area contributed by atoms with Crippen molar-refractivity contribution >= 4 is 41.3 Å². The Balaban J connectivity index is 0.00000312. The maximum atomic E-state index is 4.62. The molecule has 0 aliphatic carbocycles. The van der Waals surface area contributed by atoms with Crippen molar-refractivity contribution in [2.24, 2.45) is 4.99 Å². The third kappa shape index (κ3) is 7.27. The third-order valence-electron chi connectivity index (χ3n) is 3.54. The van der Waals surface area contributed by atoms with Gasteiger partial charge in [-0.05, 0) is 13.3 Å². The molecule has 25 heavy (non-hydrogen) atoms. The van der Waals surface area contributed by atoms with E-state index in [4.69, 9.17) is 0 Å². The van der Waals surface area contributed by atoms with Gasteiger partial charge in [0.1, 0.15) is 12.2 Å². The first kappa shape index (κ1) is 21.8. The van der Waals surface area contributed by atoms with Crippen LogP contribution in [0.5, 0.6) is 0 Å². The van der Waals surface area contributed by atoms with Gasteiger partial charge in [-0.1, -0.05) is 13.8 Å². The van der Waals surface area contributed by atoms with Gasteiger partial charge >= 0.3 is 0 Å². The second kappa shape index (κ2) is 12.2. The highest BCUT2D eigenvalue weighted by atomic mass is 127. The van der Waals surface area contributed by atoms with Gasteiger partial charge in [0.25, 0.3) is 0 Å². The second-order valence-corrected chi connectivity index (χ2v) is 6.26. The predicted molar refractivity (Wildman–Crippen MR) is 114 cm³/mol. The monoisotopic (exact) mass is 477 g/mol. The zero-order valence-electron chi connectivity index (χ0n) is 15.2. The minimum Gasteiger partial charge on any atom is -0.357 e. The summed E-state index contributed by atoms with van der Waals surface area (Å²) in [6, 6.07) is 0. The number of guanidine groups is 1. The Bertz CT molecular complexity index is 638. The number of halogens is 1. The molecule has 0 atom stereocenters. The van der Waals surface area contributed by atoms with E-state index < -0.39 is 0 Å². The molecule has 2 N–H and O–H groups in total. The first-order valence-electron chi connectivity index (χ1n) is 8.58. The van der Waals surface area contributed by atoms with E-state index in [-0.39, 0.29) is 24.0 Å². The lowest BCUT2D eigenvalue weighted by molar-refractivity contribution is 0.632. The maximum Gasteiger partial charge on any atom is 0.191 e. The number of hydrogen-bond acceptors (Lipinski definition) is 5. The van der Waals surface area contributed by atoms with Crippen LogP contribution in [0.15, 0.2) is 16.7 Å². The molecule has 0 saturated heterocycles. The molecule has 7 nitrogen and oxygen atoms in total.